The van der Waals surface area contributed by atoms with Gasteiger partial charge in [-0.05, 0) is 24.1 Å². The van der Waals surface area contributed by atoms with Crippen LogP contribution in [-0.4, -0.2) is 57.7 Å². The zero-order chi connectivity index (χ0) is 17.5. The van der Waals surface area contributed by atoms with Gasteiger partial charge in [-0.2, -0.15) is 0 Å². The highest BCUT2D eigenvalue weighted by Gasteiger charge is 2.38. The van der Waals surface area contributed by atoms with Gasteiger partial charge in [0.15, 0.2) is 0 Å². The van der Waals surface area contributed by atoms with E-state index < -0.39 is 0 Å². The molecule has 0 saturated carbocycles. The van der Waals surface area contributed by atoms with E-state index in [4.69, 9.17) is 9.47 Å². The highest BCUT2D eigenvalue weighted by atomic mass is 16.5. The van der Waals surface area contributed by atoms with Crippen molar-refractivity contribution in [1.82, 2.24) is 10.2 Å². The molecule has 1 aromatic carbocycles. The van der Waals surface area contributed by atoms with Gasteiger partial charge in [-0.3, -0.25) is 9.59 Å². The van der Waals surface area contributed by atoms with E-state index in [0.717, 1.165) is 11.3 Å². The predicted octanol–water partition coefficient (Wildman–Crippen LogP) is 1.09. The van der Waals surface area contributed by atoms with Crippen molar-refractivity contribution < 1.29 is 19.1 Å². The lowest BCUT2D eigenvalue weighted by Crippen LogP contribution is -2.34. The van der Waals surface area contributed by atoms with Gasteiger partial charge in [0.05, 0.1) is 19.6 Å². The Morgan fingerprint density at radius 3 is 2.50 bits per heavy atom. The number of ether oxygens (including phenoxy) is 2. The van der Waals surface area contributed by atoms with E-state index in [1.165, 1.54) is 0 Å². The molecular weight excluding hydrogens is 308 g/mol. The first-order chi connectivity index (χ1) is 11.6. The smallest absolute Gasteiger partial charge is 0.225 e. The van der Waals surface area contributed by atoms with Gasteiger partial charge < -0.3 is 19.7 Å². The molecule has 1 aromatic rings. The summed E-state index contributed by atoms with van der Waals surface area (Å²) in [6.07, 6.45) is 1.12. The fraction of sp³-hybridized carbons (Fsp3) is 0.556. The SMILES string of the molecule is CNC(=O)[C@@H]1CN(C(=O)CCc2ccc(OC)cc2)C[C@H]1COC. The summed E-state index contributed by atoms with van der Waals surface area (Å²) >= 11 is 0. The number of hydrogen-bond acceptors (Lipinski definition) is 4. The molecule has 0 aliphatic carbocycles. The van der Waals surface area contributed by atoms with Crippen LogP contribution in [0.2, 0.25) is 0 Å². The minimum absolute atomic E-state index is 0.0255. The van der Waals surface area contributed by atoms with Crippen molar-refractivity contribution in [3.63, 3.8) is 0 Å². The number of methoxy groups -OCH3 is 2. The van der Waals surface area contributed by atoms with E-state index in [1.807, 2.05) is 24.3 Å². The summed E-state index contributed by atoms with van der Waals surface area (Å²) in [6.45, 7) is 1.53. The summed E-state index contributed by atoms with van der Waals surface area (Å²) in [6, 6.07) is 7.73. The first kappa shape index (κ1) is 18.3. The van der Waals surface area contributed by atoms with Gasteiger partial charge in [-0.1, -0.05) is 12.1 Å². The van der Waals surface area contributed by atoms with Crippen LogP contribution in [0.5, 0.6) is 5.75 Å². The number of rotatable bonds is 7. The number of nitrogens with one attached hydrogen (secondary N) is 1. The standard InChI is InChI=1S/C18H26N2O4/c1-19-18(22)16-11-20(10-14(16)12-23-2)17(21)9-6-13-4-7-15(24-3)8-5-13/h4-5,7-8,14,16H,6,9-12H2,1-3H3,(H,19,22)/t14-,16+/m0/s1. The Bertz CT molecular complexity index is 559. The van der Waals surface area contributed by atoms with E-state index in [9.17, 15) is 9.59 Å². The highest BCUT2D eigenvalue weighted by molar-refractivity contribution is 5.82. The zero-order valence-electron chi connectivity index (χ0n) is 14.6. The molecule has 132 valence electrons. The van der Waals surface area contributed by atoms with Crippen molar-refractivity contribution in [3.05, 3.63) is 29.8 Å². The number of carbonyl (C=O) groups is 2. The van der Waals surface area contributed by atoms with Crippen LogP contribution in [0.25, 0.3) is 0 Å². The third-order valence-electron chi connectivity index (χ3n) is 4.54. The lowest BCUT2D eigenvalue weighted by Gasteiger charge is -2.16. The molecule has 0 radical (unpaired) electrons. The largest absolute Gasteiger partial charge is 0.497 e. The third-order valence-corrected chi connectivity index (χ3v) is 4.54. The van der Waals surface area contributed by atoms with Gasteiger partial charge in [0.1, 0.15) is 5.75 Å². The van der Waals surface area contributed by atoms with Crippen molar-refractivity contribution in [2.45, 2.75) is 12.8 Å². The molecule has 1 aliphatic heterocycles. The molecule has 0 bridgehead atoms. The molecule has 1 aliphatic rings. The normalized spacial score (nSPS) is 20.0. The molecule has 0 unspecified atom stereocenters. The second kappa shape index (κ2) is 8.68. The van der Waals surface area contributed by atoms with Crippen LogP contribution >= 0.6 is 0 Å². The summed E-state index contributed by atoms with van der Waals surface area (Å²) in [7, 11) is 4.88. The number of benzene rings is 1. The number of carbonyl (C=O) groups excluding carboxylic acids is 2. The lowest BCUT2D eigenvalue weighted by atomic mass is 9.96. The van der Waals surface area contributed by atoms with Crippen LogP contribution in [0.3, 0.4) is 0 Å². The van der Waals surface area contributed by atoms with Gasteiger partial charge >= 0.3 is 0 Å². The molecular formula is C18H26N2O4. The topological polar surface area (TPSA) is 67.9 Å². The molecule has 6 heteroatoms. The summed E-state index contributed by atoms with van der Waals surface area (Å²) in [5, 5.41) is 2.68. The molecule has 1 saturated heterocycles. The molecule has 1 heterocycles. The van der Waals surface area contributed by atoms with Crippen LogP contribution in [-0.2, 0) is 20.7 Å². The van der Waals surface area contributed by atoms with Crippen LogP contribution < -0.4 is 10.1 Å². The molecule has 2 amide bonds. The Labute approximate surface area is 143 Å². The van der Waals surface area contributed by atoms with E-state index in [1.54, 1.807) is 26.2 Å². The number of hydrogen-bond donors (Lipinski definition) is 1. The van der Waals surface area contributed by atoms with Crippen LogP contribution in [0.4, 0.5) is 0 Å². The number of nitrogens with zero attached hydrogens (tertiary/aromatic N) is 1. The average Bonchev–Trinajstić information content (AvgIpc) is 3.04. The second-order valence-electron chi connectivity index (χ2n) is 6.08. The van der Waals surface area contributed by atoms with Gasteiger partial charge in [-0.25, -0.2) is 0 Å². The number of aryl methyl sites for hydroxylation is 1. The monoisotopic (exact) mass is 334 g/mol. The van der Waals surface area contributed by atoms with Crippen molar-refractivity contribution in [2.75, 3.05) is 41.0 Å². The van der Waals surface area contributed by atoms with Crippen LogP contribution in [0, 0.1) is 11.8 Å². The fourth-order valence-electron chi connectivity index (χ4n) is 3.14. The average molecular weight is 334 g/mol. The van der Waals surface area contributed by atoms with Gasteiger partial charge in [0.2, 0.25) is 11.8 Å². The molecule has 0 aromatic heterocycles. The Balaban J connectivity index is 1.90. The van der Waals surface area contributed by atoms with Gasteiger partial charge in [-0.15, -0.1) is 0 Å². The van der Waals surface area contributed by atoms with Crippen molar-refractivity contribution in [2.24, 2.45) is 11.8 Å². The summed E-state index contributed by atoms with van der Waals surface area (Å²) < 4.78 is 10.3. The Morgan fingerprint density at radius 2 is 1.92 bits per heavy atom. The third kappa shape index (κ3) is 4.47. The zero-order valence-corrected chi connectivity index (χ0v) is 14.6. The molecule has 0 spiro atoms. The molecule has 24 heavy (non-hydrogen) atoms. The lowest BCUT2D eigenvalue weighted by molar-refractivity contribution is -0.130. The van der Waals surface area contributed by atoms with Crippen molar-refractivity contribution >= 4 is 11.8 Å². The molecule has 6 nitrogen and oxygen atoms in total. The fourth-order valence-corrected chi connectivity index (χ4v) is 3.14. The molecule has 2 rings (SSSR count). The maximum absolute atomic E-state index is 12.5. The van der Waals surface area contributed by atoms with Crippen molar-refractivity contribution in [3.8, 4) is 5.75 Å². The molecule has 1 fully saturated rings. The second-order valence-corrected chi connectivity index (χ2v) is 6.08. The summed E-state index contributed by atoms with van der Waals surface area (Å²) in [5.41, 5.74) is 1.10. The van der Waals surface area contributed by atoms with Gasteiger partial charge in [0.25, 0.3) is 0 Å². The maximum Gasteiger partial charge on any atom is 0.225 e. The molecule has 2 atom stereocenters. The quantitative estimate of drug-likeness (QED) is 0.811. The first-order valence-electron chi connectivity index (χ1n) is 8.20. The predicted molar refractivity (Wildman–Crippen MR) is 90.8 cm³/mol. The van der Waals surface area contributed by atoms with Crippen LogP contribution in [0.1, 0.15) is 12.0 Å². The van der Waals surface area contributed by atoms with E-state index in [-0.39, 0.29) is 23.7 Å². The molecule has 1 N–H and O–H groups in total. The number of amides is 2. The van der Waals surface area contributed by atoms with Gasteiger partial charge in [0, 0.05) is 39.6 Å². The Kier molecular flexibility index (Phi) is 6.61. The number of likely N-dealkylation sites (tertiary alicyclic amines) is 1. The minimum atomic E-state index is -0.195. The van der Waals surface area contributed by atoms with E-state index >= 15 is 0 Å². The summed E-state index contributed by atoms with van der Waals surface area (Å²) in [4.78, 5) is 26.3. The first-order valence-corrected chi connectivity index (χ1v) is 8.20. The van der Waals surface area contributed by atoms with E-state index in [0.29, 0.717) is 32.5 Å². The summed E-state index contributed by atoms with van der Waals surface area (Å²) in [5.74, 6) is 0.723. The Morgan fingerprint density at radius 1 is 1.21 bits per heavy atom. The minimum Gasteiger partial charge on any atom is -0.497 e. The van der Waals surface area contributed by atoms with Crippen molar-refractivity contribution in [1.29, 1.82) is 0 Å². The Hall–Kier alpha value is -2.08. The van der Waals surface area contributed by atoms with E-state index in [2.05, 4.69) is 5.32 Å². The van der Waals surface area contributed by atoms with Crippen LogP contribution in [0.15, 0.2) is 24.3 Å². The maximum atomic E-state index is 12.5. The highest BCUT2D eigenvalue weighted by Crippen LogP contribution is 2.25.